The van der Waals surface area contributed by atoms with E-state index in [4.69, 9.17) is 0 Å². The van der Waals surface area contributed by atoms with E-state index in [-0.39, 0.29) is 18.3 Å². The molecule has 10 heteroatoms. The molecule has 0 bridgehead atoms. The van der Waals surface area contributed by atoms with Crippen LogP contribution in [0.4, 0.5) is 30.7 Å². The van der Waals surface area contributed by atoms with E-state index in [1.54, 1.807) is 12.1 Å². The number of hydrogen-bond acceptors (Lipinski definition) is 2. The molecule has 3 rings (SSSR count). The number of nitrogens with one attached hydrogen (secondary N) is 1. The van der Waals surface area contributed by atoms with E-state index >= 15 is 0 Å². The summed E-state index contributed by atoms with van der Waals surface area (Å²) < 4.78 is 93.5. The van der Waals surface area contributed by atoms with E-state index in [2.05, 4.69) is 5.32 Å². The molecule has 2 aromatic rings. The maximum Gasteiger partial charge on any atom is 0.417 e. The summed E-state index contributed by atoms with van der Waals surface area (Å²) in [7, 11) is 1.26. The highest BCUT2D eigenvalue weighted by atomic mass is 19.4. The minimum Gasteiger partial charge on any atom is -0.341 e. The Labute approximate surface area is 186 Å². The molecule has 180 valence electrons. The van der Waals surface area contributed by atoms with Gasteiger partial charge >= 0.3 is 12.4 Å². The largest absolute Gasteiger partial charge is 0.417 e. The van der Waals surface area contributed by atoms with E-state index in [1.165, 1.54) is 19.2 Å². The van der Waals surface area contributed by atoms with Gasteiger partial charge in [0.05, 0.1) is 11.1 Å². The summed E-state index contributed by atoms with van der Waals surface area (Å²) in [6, 6.07) is 7.91. The summed E-state index contributed by atoms with van der Waals surface area (Å²) in [5.41, 5.74) is -3.47. The zero-order valence-electron chi connectivity index (χ0n) is 17.7. The van der Waals surface area contributed by atoms with Crippen LogP contribution in [-0.2, 0) is 23.7 Å². The van der Waals surface area contributed by atoms with E-state index in [0.717, 1.165) is 35.6 Å². The lowest BCUT2D eigenvalue weighted by atomic mass is 9.82. The third kappa shape index (κ3) is 6.04. The number of carbonyl (C=O) groups is 1. The lowest BCUT2D eigenvalue weighted by Crippen LogP contribution is -2.31. The number of benzene rings is 2. The van der Waals surface area contributed by atoms with Crippen molar-refractivity contribution in [2.24, 2.45) is 5.92 Å². The van der Waals surface area contributed by atoms with Gasteiger partial charge in [0.25, 0.3) is 0 Å². The smallest absolute Gasteiger partial charge is 0.341 e. The van der Waals surface area contributed by atoms with Crippen molar-refractivity contribution >= 4 is 5.91 Å². The predicted octanol–water partition coefficient (Wildman–Crippen LogP) is 5.61. The van der Waals surface area contributed by atoms with Gasteiger partial charge in [0.15, 0.2) is 0 Å². The molecule has 33 heavy (non-hydrogen) atoms. The molecule has 0 saturated carbocycles. The van der Waals surface area contributed by atoms with Crippen molar-refractivity contribution < 1.29 is 35.5 Å². The van der Waals surface area contributed by atoms with Gasteiger partial charge in [-0.15, -0.1) is 0 Å². The van der Waals surface area contributed by atoms with Gasteiger partial charge in [-0.25, -0.2) is 4.39 Å². The molecule has 2 aromatic carbocycles. The normalized spacial score (nSPS) is 17.8. The van der Waals surface area contributed by atoms with Crippen LogP contribution >= 0.6 is 0 Å². The van der Waals surface area contributed by atoms with Crippen LogP contribution in [0, 0.1) is 11.7 Å². The van der Waals surface area contributed by atoms with Gasteiger partial charge in [0, 0.05) is 20.0 Å². The molecule has 2 unspecified atom stereocenters. The molecule has 1 N–H and O–H groups in total. The third-order valence-corrected chi connectivity index (χ3v) is 5.93. The zero-order valence-corrected chi connectivity index (χ0v) is 17.7. The van der Waals surface area contributed by atoms with Crippen LogP contribution < -0.4 is 5.32 Å². The Morgan fingerprint density at radius 1 is 1.06 bits per heavy atom. The molecule has 1 fully saturated rings. The fraction of sp³-hybridized carbons (Fsp3) is 0.435. The van der Waals surface area contributed by atoms with E-state index < -0.39 is 47.3 Å². The maximum atomic E-state index is 13.5. The molecule has 0 aliphatic carbocycles. The van der Waals surface area contributed by atoms with Crippen molar-refractivity contribution in [1.82, 2.24) is 10.2 Å². The van der Waals surface area contributed by atoms with Gasteiger partial charge < -0.3 is 10.2 Å². The lowest BCUT2D eigenvalue weighted by Gasteiger charge is -2.27. The molecule has 0 aromatic heterocycles. The maximum absolute atomic E-state index is 13.5. The van der Waals surface area contributed by atoms with Gasteiger partial charge in [-0.2, -0.15) is 26.3 Å². The Morgan fingerprint density at radius 2 is 1.73 bits per heavy atom. The van der Waals surface area contributed by atoms with Crippen LogP contribution in [0.15, 0.2) is 42.5 Å². The highest BCUT2D eigenvalue weighted by Gasteiger charge is 2.44. The molecule has 1 aliphatic heterocycles. The fourth-order valence-corrected chi connectivity index (χ4v) is 4.28. The topological polar surface area (TPSA) is 32.3 Å². The van der Waals surface area contributed by atoms with Crippen molar-refractivity contribution in [2.75, 3.05) is 20.1 Å². The number of halogens is 7. The molecule has 1 heterocycles. The molecule has 1 aliphatic rings. The monoisotopic (exact) mass is 476 g/mol. The number of hydrogen-bond donors (Lipinski definition) is 1. The summed E-state index contributed by atoms with van der Waals surface area (Å²) >= 11 is 0. The van der Waals surface area contributed by atoms with E-state index in [0.29, 0.717) is 12.6 Å². The molecule has 2 atom stereocenters. The molecule has 0 radical (unpaired) electrons. The quantitative estimate of drug-likeness (QED) is 0.550. The number of alkyl halides is 6. The van der Waals surface area contributed by atoms with Gasteiger partial charge in [-0.1, -0.05) is 24.3 Å². The first-order chi connectivity index (χ1) is 15.4. The van der Waals surface area contributed by atoms with E-state index in [9.17, 15) is 35.5 Å². The fourth-order valence-electron chi connectivity index (χ4n) is 4.28. The van der Waals surface area contributed by atoms with Crippen molar-refractivity contribution in [3.8, 4) is 0 Å². The van der Waals surface area contributed by atoms with Crippen molar-refractivity contribution in [1.29, 1.82) is 0 Å². The first-order valence-electron chi connectivity index (χ1n) is 10.3. The van der Waals surface area contributed by atoms with Crippen LogP contribution in [0.25, 0.3) is 0 Å². The Kier molecular flexibility index (Phi) is 7.36. The SMILES string of the molecule is CN(Cc1cccc(C(F)(F)F)c1C(F)(F)F)C(=O)CC(c1ccc(F)cc1)C1CCNC1. The second kappa shape index (κ2) is 9.70. The third-order valence-electron chi connectivity index (χ3n) is 5.93. The van der Waals surface area contributed by atoms with Gasteiger partial charge in [-0.05, 0) is 60.7 Å². The summed E-state index contributed by atoms with van der Waals surface area (Å²) in [5, 5.41) is 3.19. The van der Waals surface area contributed by atoms with Crippen molar-refractivity contribution in [3.05, 3.63) is 70.5 Å². The first-order valence-corrected chi connectivity index (χ1v) is 10.3. The molecule has 0 spiro atoms. The zero-order chi connectivity index (χ0) is 24.4. The molecular weight excluding hydrogens is 453 g/mol. The van der Waals surface area contributed by atoms with Crippen LogP contribution in [0.2, 0.25) is 0 Å². The summed E-state index contributed by atoms with van der Waals surface area (Å²) in [6.45, 7) is 0.743. The van der Waals surface area contributed by atoms with Gasteiger partial charge in [0.2, 0.25) is 5.91 Å². The van der Waals surface area contributed by atoms with Crippen LogP contribution in [0.5, 0.6) is 0 Å². The van der Waals surface area contributed by atoms with Crippen LogP contribution in [-0.4, -0.2) is 30.9 Å². The summed E-state index contributed by atoms with van der Waals surface area (Å²) in [4.78, 5) is 13.9. The van der Waals surface area contributed by atoms with Crippen molar-refractivity contribution in [2.45, 2.75) is 37.7 Å². The summed E-state index contributed by atoms with van der Waals surface area (Å²) in [6.07, 6.45) is -9.72. The predicted molar refractivity (Wildman–Crippen MR) is 108 cm³/mol. The van der Waals surface area contributed by atoms with Crippen molar-refractivity contribution in [3.63, 3.8) is 0 Å². The standard InChI is InChI=1S/C23H23F7N2O/c1-32(13-16-3-2-4-19(22(25,26)27)21(16)23(28,29)30)20(33)11-18(15-9-10-31-12-15)14-5-7-17(24)8-6-14/h2-8,15,18,31H,9-13H2,1H3. The average molecular weight is 476 g/mol. The molecule has 1 amide bonds. The van der Waals surface area contributed by atoms with Crippen LogP contribution in [0.1, 0.15) is 41.0 Å². The average Bonchev–Trinajstić information content (AvgIpc) is 3.25. The molecule has 3 nitrogen and oxygen atoms in total. The number of nitrogens with zero attached hydrogens (tertiary/aromatic N) is 1. The Balaban J connectivity index is 1.84. The Bertz CT molecular complexity index is 964. The highest BCUT2D eigenvalue weighted by molar-refractivity contribution is 5.77. The molecule has 1 saturated heterocycles. The lowest BCUT2D eigenvalue weighted by molar-refractivity contribution is -0.162. The second-order valence-corrected chi connectivity index (χ2v) is 8.20. The first kappa shape index (κ1) is 25.0. The molecular formula is C23H23F7N2O. The summed E-state index contributed by atoms with van der Waals surface area (Å²) in [5.74, 6) is -1.19. The Morgan fingerprint density at radius 3 is 2.27 bits per heavy atom. The second-order valence-electron chi connectivity index (χ2n) is 8.20. The van der Waals surface area contributed by atoms with E-state index in [1.807, 2.05) is 0 Å². The Hall–Kier alpha value is -2.62. The number of rotatable bonds is 6. The number of carbonyl (C=O) groups excluding carboxylic acids is 1. The van der Waals surface area contributed by atoms with Crippen LogP contribution in [0.3, 0.4) is 0 Å². The van der Waals surface area contributed by atoms with Gasteiger partial charge in [-0.3, -0.25) is 4.79 Å². The minimum atomic E-state index is -5.24. The minimum absolute atomic E-state index is 0.0607. The highest BCUT2D eigenvalue weighted by Crippen LogP contribution is 2.42. The van der Waals surface area contributed by atoms with Gasteiger partial charge in [0.1, 0.15) is 5.82 Å². The number of amides is 1.